The molecule has 0 atom stereocenters. The molecule has 0 bridgehead atoms. The van der Waals surface area contributed by atoms with E-state index in [9.17, 15) is 31.1 Å². The summed E-state index contributed by atoms with van der Waals surface area (Å²) in [5, 5.41) is 10.9. The lowest BCUT2D eigenvalue weighted by atomic mass is 10.1. The Bertz CT molecular complexity index is 1400. The van der Waals surface area contributed by atoms with Crippen molar-refractivity contribution in [3.63, 3.8) is 0 Å². The number of fused-ring (bicyclic) bond motifs is 1. The molecule has 0 aliphatic heterocycles. The number of alkyl halides is 3. The number of sulfonamides is 1. The fourth-order valence-corrected chi connectivity index (χ4v) is 6.41. The minimum atomic E-state index is -4.93. The van der Waals surface area contributed by atoms with Crippen molar-refractivity contribution in [2.24, 2.45) is 0 Å². The molecule has 0 fully saturated rings. The van der Waals surface area contributed by atoms with Gasteiger partial charge in [0, 0.05) is 15.6 Å². The van der Waals surface area contributed by atoms with E-state index in [2.05, 4.69) is 0 Å². The van der Waals surface area contributed by atoms with E-state index in [0.717, 1.165) is 21.7 Å². The maximum Gasteiger partial charge on any atom is 0.419 e. The van der Waals surface area contributed by atoms with E-state index >= 15 is 0 Å². The Morgan fingerprint density at radius 2 is 1.61 bits per heavy atom. The topological polar surface area (TPSA) is 57.6 Å². The van der Waals surface area contributed by atoms with Crippen molar-refractivity contribution in [3.05, 3.63) is 95.3 Å². The lowest BCUT2D eigenvalue weighted by molar-refractivity contribution is -0.140. The summed E-state index contributed by atoms with van der Waals surface area (Å²) in [5.74, 6) is -1.44. The third-order valence-corrected chi connectivity index (χ3v) is 8.17. The van der Waals surface area contributed by atoms with Gasteiger partial charge in [-0.25, -0.2) is 12.8 Å². The van der Waals surface area contributed by atoms with Crippen LogP contribution in [0.1, 0.15) is 16.7 Å². The van der Waals surface area contributed by atoms with Gasteiger partial charge in [-0.3, -0.25) is 4.31 Å². The van der Waals surface area contributed by atoms with E-state index in [-0.39, 0.29) is 15.5 Å². The van der Waals surface area contributed by atoms with E-state index in [1.807, 2.05) is 0 Å². The van der Waals surface area contributed by atoms with Crippen LogP contribution in [-0.4, -0.2) is 13.5 Å². The van der Waals surface area contributed by atoms with Crippen LogP contribution < -0.4 is 4.31 Å². The van der Waals surface area contributed by atoms with Crippen LogP contribution in [0.15, 0.2) is 77.7 Å². The SMILES string of the molecule is O=S(=O)(c1ccccc1)N(Cc1ccc(F)c(C(F)(F)F)c1)c1sc2ccccc2c1CO. The Hall–Kier alpha value is -2.95. The molecule has 0 aliphatic rings. The van der Waals surface area contributed by atoms with Gasteiger partial charge >= 0.3 is 6.18 Å². The zero-order valence-corrected chi connectivity index (χ0v) is 18.5. The van der Waals surface area contributed by atoms with Crippen LogP contribution in [0.25, 0.3) is 10.1 Å². The van der Waals surface area contributed by atoms with Crippen LogP contribution in [0.2, 0.25) is 0 Å². The molecule has 0 unspecified atom stereocenters. The molecule has 0 radical (unpaired) electrons. The maximum absolute atomic E-state index is 13.8. The number of aliphatic hydroxyl groups excluding tert-OH is 1. The molecule has 4 rings (SSSR count). The number of hydrogen-bond acceptors (Lipinski definition) is 4. The third kappa shape index (κ3) is 4.46. The first-order valence-corrected chi connectivity index (χ1v) is 11.9. The fourth-order valence-electron chi connectivity index (χ4n) is 3.48. The summed E-state index contributed by atoms with van der Waals surface area (Å²) in [7, 11) is -4.23. The molecule has 1 heterocycles. The number of aliphatic hydroxyl groups is 1. The molecular formula is C23H17F4NO3S2. The Labute approximate surface area is 191 Å². The monoisotopic (exact) mass is 495 g/mol. The number of thiophene rings is 1. The zero-order valence-electron chi connectivity index (χ0n) is 16.9. The minimum absolute atomic E-state index is 0.0513. The molecule has 0 amide bonds. The third-order valence-electron chi connectivity index (χ3n) is 5.06. The Morgan fingerprint density at radius 1 is 0.939 bits per heavy atom. The molecule has 10 heteroatoms. The first-order chi connectivity index (χ1) is 15.6. The molecule has 1 N–H and O–H groups in total. The quantitative estimate of drug-likeness (QED) is 0.337. The number of anilines is 1. The van der Waals surface area contributed by atoms with Gasteiger partial charge in [-0.05, 0) is 35.9 Å². The molecule has 4 nitrogen and oxygen atoms in total. The molecule has 1 aromatic heterocycles. The first-order valence-electron chi connectivity index (χ1n) is 9.67. The molecule has 172 valence electrons. The fraction of sp³-hybridized carbons (Fsp3) is 0.130. The van der Waals surface area contributed by atoms with Crippen LogP contribution >= 0.6 is 11.3 Å². The van der Waals surface area contributed by atoms with E-state index in [4.69, 9.17) is 0 Å². The highest BCUT2D eigenvalue weighted by Gasteiger charge is 2.35. The van der Waals surface area contributed by atoms with Gasteiger partial charge in [0.25, 0.3) is 10.0 Å². The molecule has 3 aromatic carbocycles. The number of benzene rings is 3. The summed E-state index contributed by atoms with van der Waals surface area (Å²) in [5.41, 5.74) is -1.19. The number of halogens is 4. The predicted octanol–water partition coefficient (Wildman–Crippen LogP) is 5.95. The lowest BCUT2D eigenvalue weighted by Gasteiger charge is -2.25. The van der Waals surface area contributed by atoms with Crippen LogP contribution in [0.3, 0.4) is 0 Å². The Kier molecular flexibility index (Phi) is 6.17. The molecular weight excluding hydrogens is 478 g/mol. The summed E-state index contributed by atoms with van der Waals surface area (Å²) in [4.78, 5) is -0.0653. The van der Waals surface area contributed by atoms with Crippen molar-refractivity contribution in [1.82, 2.24) is 0 Å². The summed E-state index contributed by atoms with van der Waals surface area (Å²) in [6.45, 7) is -0.961. The van der Waals surface area contributed by atoms with Gasteiger partial charge in [0.1, 0.15) is 10.8 Å². The molecule has 33 heavy (non-hydrogen) atoms. The molecule has 0 saturated heterocycles. The van der Waals surface area contributed by atoms with Gasteiger partial charge in [-0.1, -0.05) is 42.5 Å². The highest BCUT2D eigenvalue weighted by atomic mass is 32.2. The van der Waals surface area contributed by atoms with Crippen molar-refractivity contribution in [3.8, 4) is 0 Å². The highest BCUT2D eigenvalue weighted by molar-refractivity contribution is 7.93. The maximum atomic E-state index is 13.8. The summed E-state index contributed by atoms with van der Waals surface area (Å²) < 4.78 is 82.4. The number of rotatable bonds is 6. The van der Waals surface area contributed by atoms with Crippen molar-refractivity contribution < 1.29 is 31.1 Å². The van der Waals surface area contributed by atoms with Gasteiger partial charge in [0.15, 0.2) is 0 Å². The van der Waals surface area contributed by atoms with Crippen LogP contribution in [0, 0.1) is 5.82 Å². The normalized spacial score (nSPS) is 12.3. The molecule has 0 spiro atoms. The Balaban J connectivity index is 1.91. The smallest absolute Gasteiger partial charge is 0.392 e. The van der Waals surface area contributed by atoms with Gasteiger partial charge in [0.2, 0.25) is 0 Å². The van der Waals surface area contributed by atoms with Crippen molar-refractivity contribution in [2.45, 2.75) is 24.2 Å². The van der Waals surface area contributed by atoms with Crippen molar-refractivity contribution >= 4 is 36.4 Å². The van der Waals surface area contributed by atoms with Crippen molar-refractivity contribution in [1.29, 1.82) is 0 Å². The van der Waals surface area contributed by atoms with Gasteiger partial charge in [0.05, 0.1) is 23.6 Å². The second-order valence-electron chi connectivity index (χ2n) is 7.18. The lowest BCUT2D eigenvalue weighted by Crippen LogP contribution is -2.30. The van der Waals surface area contributed by atoms with Gasteiger partial charge in [-0.2, -0.15) is 13.2 Å². The summed E-state index contributed by atoms with van der Waals surface area (Å²) in [6.07, 6.45) is -4.93. The standard InChI is InChI=1S/C23H17F4NO3S2/c24-20-11-10-15(12-19(20)23(25,26)27)13-28(33(30,31)16-6-2-1-3-7-16)22-18(14-29)17-8-4-5-9-21(17)32-22/h1-12,29H,13-14H2. The first kappa shape index (κ1) is 23.2. The van der Waals surface area contributed by atoms with E-state index < -0.39 is 40.7 Å². The zero-order chi connectivity index (χ0) is 23.8. The van der Waals surface area contributed by atoms with E-state index in [0.29, 0.717) is 27.8 Å². The van der Waals surface area contributed by atoms with Crippen molar-refractivity contribution in [2.75, 3.05) is 4.31 Å². The van der Waals surface area contributed by atoms with Gasteiger partial charge < -0.3 is 5.11 Å². The molecule has 0 aliphatic carbocycles. The average molecular weight is 496 g/mol. The van der Waals surface area contributed by atoms with Crippen LogP contribution in [-0.2, 0) is 29.4 Å². The average Bonchev–Trinajstić information content (AvgIpc) is 3.16. The van der Waals surface area contributed by atoms with Crippen LogP contribution in [0.4, 0.5) is 22.6 Å². The largest absolute Gasteiger partial charge is 0.419 e. The predicted molar refractivity (Wildman–Crippen MR) is 119 cm³/mol. The molecule has 4 aromatic rings. The second-order valence-corrected chi connectivity index (χ2v) is 10.1. The highest BCUT2D eigenvalue weighted by Crippen LogP contribution is 2.41. The van der Waals surface area contributed by atoms with Gasteiger partial charge in [-0.15, -0.1) is 11.3 Å². The summed E-state index contributed by atoms with van der Waals surface area (Å²) >= 11 is 1.10. The van der Waals surface area contributed by atoms with E-state index in [1.54, 1.807) is 30.3 Å². The number of hydrogen-bond donors (Lipinski definition) is 1. The summed E-state index contributed by atoms with van der Waals surface area (Å²) in [6, 6.07) is 16.8. The van der Waals surface area contributed by atoms with Crippen LogP contribution in [0.5, 0.6) is 0 Å². The number of nitrogens with zero attached hydrogens (tertiary/aromatic N) is 1. The Morgan fingerprint density at radius 3 is 2.27 bits per heavy atom. The minimum Gasteiger partial charge on any atom is -0.392 e. The second kappa shape index (κ2) is 8.77. The molecule has 0 saturated carbocycles. The van der Waals surface area contributed by atoms with E-state index in [1.165, 1.54) is 24.3 Å².